The molecule has 0 saturated heterocycles. The third-order valence-corrected chi connectivity index (χ3v) is 5.42. The molecule has 0 aliphatic carbocycles. The lowest BCUT2D eigenvalue weighted by Gasteiger charge is -2.06. The van der Waals surface area contributed by atoms with Crippen LogP contribution in [0.2, 0.25) is 5.02 Å². The topological polar surface area (TPSA) is 83.1 Å². The zero-order valence-corrected chi connectivity index (χ0v) is 18.4. The fourth-order valence-corrected chi connectivity index (χ4v) is 3.68. The number of amides is 3. The molecular weight excluding hydrogens is 408 g/mol. The summed E-state index contributed by atoms with van der Waals surface area (Å²) in [5.74, 6) is -0.217. The number of carbonyl (C=O) groups excluding carboxylic acids is 2. The van der Waals surface area contributed by atoms with E-state index in [-0.39, 0.29) is 11.9 Å². The number of carbonyl (C=O) groups is 2. The molecule has 1 heterocycles. The Labute approximate surface area is 181 Å². The van der Waals surface area contributed by atoms with Gasteiger partial charge in [-0.05, 0) is 30.5 Å². The van der Waals surface area contributed by atoms with Gasteiger partial charge in [-0.25, -0.2) is 9.78 Å². The highest BCUT2D eigenvalue weighted by atomic mass is 35.5. The third-order valence-electron chi connectivity index (χ3n) is 4.34. The molecular formula is C21H29ClN4O2S. The Balaban J connectivity index is 1.63. The number of nitrogens with one attached hydrogen (secondary N) is 3. The van der Waals surface area contributed by atoms with Gasteiger partial charge in [-0.3, -0.25) is 4.79 Å². The predicted molar refractivity (Wildman–Crippen MR) is 119 cm³/mol. The minimum Gasteiger partial charge on any atom is -0.350 e. The second-order valence-electron chi connectivity index (χ2n) is 6.79. The van der Waals surface area contributed by atoms with Gasteiger partial charge in [0.1, 0.15) is 10.7 Å². The van der Waals surface area contributed by atoms with Crippen molar-refractivity contribution in [2.45, 2.75) is 52.0 Å². The van der Waals surface area contributed by atoms with Gasteiger partial charge in [0.25, 0.3) is 5.91 Å². The van der Waals surface area contributed by atoms with E-state index in [4.69, 9.17) is 11.6 Å². The number of nitrogens with zero attached hydrogens (tertiary/aromatic N) is 1. The van der Waals surface area contributed by atoms with Gasteiger partial charge in [0, 0.05) is 23.5 Å². The molecule has 0 aliphatic heterocycles. The Morgan fingerprint density at radius 2 is 1.90 bits per heavy atom. The summed E-state index contributed by atoms with van der Waals surface area (Å²) in [5, 5.41) is 11.6. The molecule has 0 spiro atoms. The number of aromatic nitrogens is 1. The first-order valence-electron chi connectivity index (χ1n) is 10.1. The molecule has 6 nitrogen and oxygen atoms in total. The van der Waals surface area contributed by atoms with Crippen LogP contribution in [0.25, 0.3) is 0 Å². The zero-order chi connectivity index (χ0) is 20.9. The van der Waals surface area contributed by atoms with Gasteiger partial charge in [0.2, 0.25) is 0 Å². The Kier molecular flexibility index (Phi) is 10.5. The van der Waals surface area contributed by atoms with Crippen molar-refractivity contribution in [1.29, 1.82) is 0 Å². The minimum atomic E-state index is -0.217. The lowest BCUT2D eigenvalue weighted by Crippen LogP contribution is -2.35. The monoisotopic (exact) mass is 436 g/mol. The van der Waals surface area contributed by atoms with Crippen LogP contribution in [0.4, 0.5) is 4.79 Å². The van der Waals surface area contributed by atoms with Crippen molar-refractivity contribution >= 4 is 34.9 Å². The number of hydrogen-bond donors (Lipinski definition) is 3. The fourth-order valence-electron chi connectivity index (χ4n) is 2.75. The van der Waals surface area contributed by atoms with E-state index in [1.807, 2.05) is 24.3 Å². The number of thiazole rings is 1. The van der Waals surface area contributed by atoms with E-state index >= 15 is 0 Å². The second kappa shape index (κ2) is 13.2. The van der Waals surface area contributed by atoms with Crippen molar-refractivity contribution < 1.29 is 9.59 Å². The summed E-state index contributed by atoms with van der Waals surface area (Å²) in [6.45, 7) is 3.67. The smallest absolute Gasteiger partial charge is 0.315 e. The van der Waals surface area contributed by atoms with E-state index in [2.05, 4.69) is 27.9 Å². The highest BCUT2D eigenvalue weighted by molar-refractivity contribution is 7.09. The number of rotatable bonds is 12. The normalized spacial score (nSPS) is 10.6. The summed E-state index contributed by atoms with van der Waals surface area (Å²) < 4.78 is 0. The molecule has 0 bridgehead atoms. The SMILES string of the molecule is CCCCCCCNC(=O)NCc1nc(C(=O)NCCc2cccc(Cl)c2)cs1. The second-order valence-corrected chi connectivity index (χ2v) is 8.17. The molecule has 1 aromatic heterocycles. The molecule has 3 N–H and O–H groups in total. The molecule has 29 heavy (non-hydrogen) atoms. The van der Waals surface area contributed by atoms with E-state index in [1.165, 1.54) is 30.6 Å². The quantitative estimate of drug-likeness (QED) is 0.427. The number of hydrogen-bond acceptors (Lipinski definition) is 4. The molecule has 0 saturated carbocycles. The average Bonchev–Trinajstić information content (AvgIpc) is 3.18. The van der Waals surface area contributed by atoms with Crippen LogP contribution in [0.15, 0.2) is 29.6 Å². The van der Waals surface area contributed by atoms with Crippen LogP contribution < -0.4 is 16.0 Å². The van der Waals surface area contributed by atoms with Crippen molar-refractivity contribution in [3.8, 4) is 0 Å². The van der Waals surface area contributed by atoms with Gasteiger partial charge >= 0.3 is 6.03 Å². The minimum absolute atomic E-state index is 0.205. The molecule has 3 amide bonds. The lowest BCUT2D eigenvalue weighted by atomic mass is 10.1. The first-order valence-corrected chi connectivity index (χ1v) is 11.3. The fraction of sp³-hybridized carbons (Fsp3) is 0.476. The molecule has 158 valence electrons. The van der Waals surface area contributed by atoms with E-state index in [9.17, 15) is 9.59 Å². The van der Waals surface area contributed by atoms with Crippen LogP contribution in [0.1, 0.15) is 60.1 Å². The molecule has 0 atom stereocenters. The number of urea groups is 1. The van der Waals surface area contributed by atoms with Crippen LogP contribution in [-0.4, -0.2) is 30.0 Å². The number of benzene rings is 1. The first kappa shape index (κ1) is 23.2. The van der Waals surface area contributed by atoms with Gasteiger partial charge in [-0.1, -0.05) is 56.3 Å². The highest BCUT2D eigenvalue weighted by Gasteiger charge is 2.11. The average molecular weight is 437 g/mol. The van der Waals surface area contributed by atoms with Crippen LogP contribution >= 0.6 is 22.9 Å². The standard InChI is InChI=1S/C21H29ClN4O2S/c1-2-3-4-5-6-11-24-21(28)25-14-19-26-18(15-29-19)20(27)23-12-10-16-8-7-9-17(22)13-16/h7-9,13,15H,2-6,10-12,14H2,1H3,(H,23,27)(H2,24,25,28). The molecule has 2 rings (SSSR count). The Morgan fingerprint density at radius 3 is 2.69 bits per heavy atom. The van der Waals surface area contributed by atoms with Gasteiger partial charge in [0.15, 0.2) is 0 Å². The lowest BCUT2D eigenvalue weighted by molar-refractivity contribution is 0.0949. The van der Waals surface area contributed by atoms with E-state index in [0.29, 0.717) is 41.8 Å². The van der Waals surface area contributed by atoms with Crippen LogP contribution in [0, 0.1) is 0 Å². The van der Waals surface area contributed by atoms with Crippen molar-refractivity contribution in [2.75, 3.05) is 13.1 Å². The highest BCUT2D eigenvalue weighted by Crippen LogP contribution is 2.11. The number of unbranched alkanes of at least 4 members (excludes halogenated alkanes) is 4. The molecule has 1 aromatic carbocycles. The Bertz CT molecular complexity index is 782. The van der Waals surface area contributed by atoms with Crippen molar-refractivity contribution in [3.63, 3.8) is 0 Å². The maximum absolute atomic E-state index is 12.2. The van der Waals surface area contributed by atoms with E-state index in [1.54, 1.807) is 5.38 Å². The van der Waals surface area contributed by atoms with Crippen LogP contribution in [0.3, 0.4) is 0 Å². The van der Waals surface area contributed by atoms with Crippen molar-refractivity contribution in [1.82, 2.24) is 20.9 Å². The van der Waals surface area contributed by atoms with Crippen LogP contribution in [0.5, 0.6) is 0 Å². The molecule has 0 fully saturated rings. The molecule has 0 aliphatic rings. The Morgan fingerprint density at radius 1 is 1.07 bits per heavy atom. The molecule has 2 aromatic rings. The summed E-state index contributed by atoms with van der Waals surface area (Å²) in [6, 6.07) is 7.37. The Hall–Kier alpha value is -2.12. The van der Waals surface area contributed by atoms with Gasteiger partial charge in [0.05, 0.1) is 6.54 Å². The number of halogens is 1. The van der Waals surface area contributed by atoms with Crippen molar-refractivity contribution in [2.24, 2.45) is 0 Å². The third kappa shape index (κ3) is 9.28. The predicted octanol–water partition coefficient (Wildman–Crippen LogP) is 4.54. The first-order chi connectivity index (χ1) is 14.1. The van der Waals surface area contributed by atoms with E-state index in [0.717, 1.165) is 18.4 Å². The maximum atomic E-state index is 12.2. The summed E-state index contributed by atoms with van der Waals surface area (Å²) in [6.07, 6.45) is 6.49. The van der Waals surface area contributed by atoms with Gasteiger partial charge < -0.3 is 16.0 Å². The summed E-state index contributed by atoms with van der Waals surface area (Å²) in [7, 11) is 0. The summed E-state index contributed by atoms with van der Waals surface area (Å²) >= 11 is 7.32. The van der Waals surface area contributed by atoms with Gasteiger partial charge in [-0.15, -0.1) is 11.3 Å². The maximum Gasteiger partial charge on any atom is 0.315 e. The molecule has 0 unspecified atom stereocenters. The summed E-state index contributed by atoms with van der Waals surface area (Å²) in [5.41, 5.74) is 1.44. The van der Waals surface area contributed by atoms with Gasteiger partial charge in [-0.2, -0.15) is 0 Å². The largest absolute Gasteiger partial charge is 0.350 e. The van der Waals surface area contributed by atoms with Crippen molar-refractivity contribution in [3.05, 3.63) is 50.9 Å². The molecule has 0 radical (unpaired) electrons. The zero-order valence-electron chi connectivity index (χ0n) is 16.8. The summed E-state index contributed by atoms with van der Waals surface area (Å²) in [4.78, 5) is 28.3. The van der Waals surface area contributed by atoms with Crippen LogP contribution in [-0.2, 0) is 13.0 Å². The molecule has 8 heteroatoms. The van der Waals surface area contributed by atoms with E-state index < -0.39 is 0 Å².